The Morgan fingerprint density at radius 1 is 1.14 bits per heavy atom. The maximum atomic E-state index is 10.8. The van der Waals surface area contributed by atoms with Gasteiger partial charge in [-0.15, -0.1) is 0 Å². The Bertz CT molecular complexity index is 670. The molecule has 108 valence electrons. The van der Waals surface area contributed by atoms with Gasteiger partial charge in [-0.05, 0) is 30.7 Å². The zero-order chi connectivity index (χ0) is 14.8. The first-order valence-corrected chi connectivity index (χ1v) is 7.48. The monoisotopic (exact) mass is 300 g/mol. The number of anilines is 1. The highest BCUT2D eigenvalue weighted by Crippen LogP contribution is 2.40. The molecule has 0 fully saturated rings. The van der Waals surface area contributed by atoms with Crippen molar-refractivity contribution in [2.24, 2.45) is 4.99 Å². The quantitative estimate of drug-likeness (QED) is 0.893. The molecule has 1 aliphatic rings. The van der Waals surface area contributed by atoms with E-state index in [-0.39, 0.29) is 0 Å². The summed E-state index contributed by atoms with van der Waals surface area (Å²) in [5.41, 5.74) is 2.34. The summed E-state index contributed by atoms with van der Waals surface area (Å²) in [4.78, 5) is 6.56. The molecule has 0 aliphatic carbocycles. The summed E-state index contributed by atoms with van der Waals surface area (Å²) < 4.78 is 0. The molecule has 1 N–H and O–H groups in total. The van der Waals surface area contributed by atoms with Crippen molar-refractivity contribution in [3.63, 3.8) is 0 Å². The van der Waals surface area contributed by atoms with Crippen LogP contribution >= 0.6 is 11.6 Å². The van der Waals surface area contributed by atoms with Crippen LogP contribution < -0.4 is 4.90 Å². The maximum Gasteiger partial charge on any atom is 0.161 e. The van der Waals surface area contributed by atoms with Gasteiger partial charge in [0.2, 0.25) is 0 Å². The van der Waals surface area contributed by atoms with Gasteiger partial charge in [0.15, 0.2) is 6.23 Å². The van der Waals surface area contributed by atoms with Crippen LogP contribution in [0.3, 0.4) is 0 Å². The van der Waals surface area contributed by atoms with E-state index in [2.05, 4.69) is 6.92 Å². The fourth-order valence-corrected chi connectivity index (χ4v) is 2.89. The number of aliphatic hydroxyl groups is 1. The Morgan fingerprint density at radius 3 is 2.62 bits per heavy atom. The minimum atomic E-state index is -0.810. The molecule has 2 aromatic carbocycles. The zero-order valence-corrected chi connectivity index (χ0v) is 12.6. The summed E-state index contributed by atoms with van der Waals surface area (Å²) in [5, 5.41) is 11.4. The van der Waals surface area contributed by atoms with Gasteiger partial charge in [0.1, 0.15) is 5.84 Å². The van der Waals surface area contributed by atoms with Crippen LogP contribution in [0.2, 0.25) is 5.02 Å². The van der Waals surface area contributed by atoms with Crippen LogP contribution in [0.4, 0.5) is 11.4 Å². The molecule has 0 amide bonds. The van der Waals surface area contributed by atoms with Crippen molar-refractivity contribution in [3.05, 3.63) is 59.1 Å². The second kappa shape index (κ2) is 5.88. The van der Waals surface area contributed by atoms with E-state index in [1.165, 1.54) is 0 Å². The van der Waals surface area contributed by atoms with Crippen LogP contribution in [-0.2, 0) is 0 Å². The summed E-state index contributed by atoms with van der Waals surface area (Å²) in [6, 6.07) is 15.3. The Labute approximate surface area is 129 Å². The van der Waals surface area contributed by atoms with Crippen LogP contribution in [0.25, 0.3) is 0 Å². The summed E-state index contributed by atoms with van der Waals surface area (Å²) in [6.07, 6.45) is 0.957. The topological polar surface area (TPSA) is 35.8 Å². The molecule has 2 aromatic rings. The normalized spacial score (nSPS) is 17.4. The Morgan fingerprint density at radius 2 is 1.90 bits per heavy atom. The molecule has 4 heteroatoms. The third-order valence-electron chi connectivity index (χ3n) is 3.57. The number of hydrogen-bond donors (Lipinski definition) is 1. The van der Waals surface area contributed by atoms with Gasteiger partial charge in [-0.3, -0.25) is 4.90 Å². The second-order valence-electron chi connectivity index (χ2n) is 5.03. The standard InChI is InChI=1S/C17H17ClN2O/c1-2-7-15-19-14-11-6-10-13(18)16(14)17(21)20(15)12-8-4-3-5-9-12/h3-6,8-11,17,21H,2,7H2,1H3. The van der Waals surface area contributed by atoms with Crippen molar-refractivity contribution in [2.75, 3.05) is 4.90 Å². The molecule has 0 aromatic heterocycles. The number of amidine groups is 1. The number of rotatable bonds is 3. The fraction of sp³-hybridized carbons (Fsp3) is 0.235. The summed E-state index contributed by atoms with van der Waals surface area (Å²) in [7, 11) is 0. The molecule has 3 rings (SSSR count). The number of para-hydroxylation sites is 1. The average Bonchev–Trinajstić information content (AvgIpc) is 2.48. The van der Waals surface area contributed by atoms with Crippen LogP contribution in [0.15, 0.2) is 53.5 Å². The number of nitrogens with zero attached hydrogens (tertiary/aromatic N) is 2. The van der Waals surface area contributed by atoms with Crippen LogP contribution in [0.5, 0.6) is 0 Å². The molecule has 3 nitrogen and oxygen atoms in total. The van der Waals surface area contributed by atoms with Gasteiger partial charge < -0.3 is 5.11 Å². The number of halogens is 1. The fourth-order valence-electron chi connectivity index (χ4n) is 2.62. The molecule has 0 radical (unpaired) electrons. The molecule has 1 aliphatic heterocycles. The average molecular weight is 301 g/mol. The SMILES string of the molecule is CCCC1=Nc2cccc(Cl)c2C(O)N1c1ccccc1. The largest absolute Gasteiger partial charge is 0.369 e. The lowest BCUT2D eigenvalue weighted by atomic mass is 10.1. The second-order valence-corrected chi connectivity index (χ2v) is 5.44. The first-order valence-electron chi connectivity index (χ1n) is 7.10. The number of benzene rings is 2. The minimum Gasteiger partial charge on any atom is -0.369 e. The molecule has 21 heavy (non-hydrogen) atoms. The highest BCUT2D eigenvalue weighted by Gasteiger charge is 2.30. The van der Waals surface area contributed by atoms with E-state index >= 15 is 0 Å². The smallest absolute Gasteiger partial charge is 0.161 e. The molecule has 0 saturated carbocycles. The predicted octanol–water partition coefficient (Wildman–Crippen LogP) is 4.68. The van der Waals surface area contributed by atoms with Crippen molar-refractivity contribution in [2.45, 2.75) is 26.0 Å². The number of aliphatic hydroxyl groups excluding tert-OH is 1. The minimum absolute atomic E-state index is 0.542. The third kappa shape index (κ3) is 2.55. The van der Waals surface area contributed by atoms with E-state index in [1.54, 1.807) is 6.07 Å². The number of hydrogen-bond acceptors (Lipinski definition) is 3. The Kier molecular flexibility index (Phi) is 3.95. The highest BCUT2D eigenvalue weighted by molar-refractivity contribution is 6.32. The lowest BCUT2D eigenvalue weighted by Crippen LogP contribution is -2.37. The molecular formula is C17H17ClN2O. The highest BCUT2D eigenvalue weighted by atomic mass is 35.5. The Balaban J connectivity index is 2.14. The van der Waals surface area contributed by atoms with E-state index in [1.807, 2.05) is 47.4 Å². The zero-order valence-electron chi connectivity index (χ0n) is 11.8. The molecule has 1 heterocycles. The molecule has 1 atom stereocenters. The summed E-state index contributed by atoms with van der Waals surface area (Å²) in [6.45, 7) is 2.10. The number of aliphatic imine (C=N–C) groups is 1. The van der Waals surface area contributed by atoms with E-state index in [0.717, 1.165) is 30.1 Å². The van der Waals surface area contributed by atoms with E-state index < -0.39 is 6.23 Å². The molecule has 0 saturated heterocycles. The maximum absolute atomic E-state index is 10.8. The van der Waals surface area contributed by atoms with Crippen molar-refractivity contribution in [1.82, 2.24) is 0 Å². The molecule has 0 spiro atoms. The van der Waals surface area contributed by atoms with Gasteiger partial charge >= 0.3 is 0 Å². The van der Waals surface area contributed by atoms with Crippen LogP contribution in [0.1, 0.15) is 31.6 Å². The summed E-state index contributed by atoms with van der Waals surface area (Å²) in [5.74, 6) is 0.867. The Hall–Kier alpha value is -1.84. The molecule has 0 bridgehead atoms. The third-order valence-corrected chi connectivity index (χ3v) is 3.90. The van der Waals surface area contributed by atoms with Gasteiger partial charge in [-0.25, -0.2) is 4.99 Å². The van der Waals surface area contributed by atoms with Crippen LogP contribution in [-0.4, -0.2) is 10.9 Å². The van der Waals surface area contributed by atoms with E-state index in [4.69, 9.17) is 16.6 Å². The van der Waals surface area contributed by atoms with Gasteiger partial charge in [0.05, 0.1) is 10.7 Å². The predicted molar refractivity (Wildman–Crippen MR) is 87.3 cm³/mol. The van der Waals surface area contributed by atoms with Crippen molar-refractivity contribution < 1.29 is 5.11 Å². The van der Waals surface area contributed by atoms with Crippen molar-refractivity contribution in [3.8, 4) is 0 Å². The van der Waals surface area contributed by atoms with Crippen molar-refractivity contribution in [1.29, 1.82) is 0 Å². The molecule has 1 unspecified atom stereocenters. The van der Waals surface area contributed by atoms with Gasteiger partial charge in [-0.2, -0.15) is 0 Å². The lowest BCUT2D eigenvalue weighted by Gasteiger charge is -2.35. The van der Waals surface area contributed by atoms with Gasteiger partial charge in [0.25, 0.3) is 0 Å². The van der Waals surface area contributed by atoms with Gasteiger partial charge in [0, 0.05) is 17.7 Å². The first kappa shape index (κ1) is 14.1. The summed E-state index contributed by atoms with van der Waals surface area (Å²) >= 11 is 6.26. The van der Waals surface area contributed by atoms with Crippen LogP contribution in [0, 0.1) is 0 Å². The van der Waals surface area contributed by atoms with Crippen molar-refractivity contribution >= 4 is 28.8 Å². The van der Waals surface area contributed by atoms with E-state index in [9.17, 15) is 5.11 Å². The lowest BCUT2D eigenvalue weighted by molar-refractivity contribution is 0.186. The van der Waals surface area contributed by atoms with Gasteiger partial charge in [-0.1, -0.05) is 42.8 Å². The molecular weight excluding hydrogens is 284 g/mol. The van der Waals surface area contributed by atoms with E-state index in [0.29, 0.717) is 10.6 Å². The number of fused-ring (bicyclic) bond motifs is 1. The first-order chi connectivity index (χ1) is 10.2.